The van der Waals surface area contributed by atoms with E-state index < -0.39 is 5.97 Å². The second-order valence-corrected chi connectivity index (χ2v) is 3.59. The molecule has 0 aliphatic rings. The third-order valence-electron chi connectivity index (χ3n) is 2.39. The molecule has 0 fully saturated rings. The number of hydrogen-bond donors (Lipinski definition) is 1. The maximum atomic E-state index is 10.6. The summed E-state index contributed by atoms with van der Waals surface area (Å²) in [5.74, 6) is -0.252. The summed E-state index contributed by atoms with van der Waals surface area (Å²) in [5, 5.41) is 13.7. The van der Waals surface area contributed by atoms with E-state index in [0.29, 0.717) is 5.82 Å². The lowest BCUT2D eigenvalue weighted by molar-refractivity contribution is -0.135. The van der Waals surface area contributed by atoms with Gasteiger partial charge in [-0.2, -0.15) is 5.10 Å². The van der Waals surface area contributed by atoms with Gasteiger partial charge in [0.05, 0.1) is 17.1 Å². The highest BCUT2D eigenvalue weighted by atomic mass is 16.4. The maximum absolute atomic E-state index is 10.6. The average molecular weight is 220 g/mol. The number of carbonyl (C=O) groups is 1. The molecule has 0 unspecified atom stereocenters. The van der Waals surface area contributed by atoms with Gasteiger partial charge >= 0.3 is 5.97 Å². The van der Waals surface area contributed by atoms with Crippen molar-refractivity contribution >= 4 is 22.7 Å². The highest BCUT2D eigenvalue weighted by Gasteiger charge is 2.12. The molecule has 0 radical (unpaired) electrons. The summed E-state index contributed by atoms with van der Waals surface area (Å²) in [5.41, 5.74) is 0.933. The smallest absolute Gasteiger partial charge is 0.323 e. The van der Waals surface area contributed by atoms with E-state index in [1.165, 1.54) is 0 Å². The van der Waals surface area contributed by atoms with Crippen molar-refractivity contribution in [3.63, 3.8) is 0 Å². The van der Waals surface area contributed by atoms with Crippen molar-refractivity contribution in [2.75, 3.05) is 18.5 Å². The number of anilines is 1. The Hall–Kier alpha value is -2.11. The zero-order valence-electron chi connectivity index (χ0n) is 9.08. The molecule has 16 heavy (non-hydrogen) atoms. The molecule has 2 heterocycles. The Morgan fingerprint density at radius 3 is 3.06 bits per heavy atom. The standard InChI is InChI=1S/C10H12N4O2/c1-13(6-9(15)16)10-7-5-12-14(2)8(7)3-4-11-10/h3-5H,6H2,1-2H3,(H,15,16). The highest BCUT2D eigenvalue weighted by molar-refractivity contribution is 5.90. The topological polar surface area (TPSA) is 71.2 Å². The van der Waals surface area contributed by atoms with Crippen LogP contribution >= 0.6 is 0 Å². The van der Waals surface area contributed by atoms with E-state index in [9.17, 15) is 4.79 Å². The Labute approximate surface area is 92.1 Å². The monoisotopic (exact) mass is 220 g/mol. The van der Waals surface area contributed by atoms with Crippen LogP contribution in [0.25, 0.3) is 10.9 Å². The van der Waals surface area contributed by atoms with Gasteiger partial charge in [0.15, 0.2) is 0 Å². The molecular formula is C10H12N4O2. The number of fused-ring (bicyclic) bond motifs is 1. The van der Waals surface area contributed by atoms with Crippen LogP contribution in [0.4, 0.5) is 5.82 Å². The van der Waals surface area contributed by atoms with Crippen LogP contribution < -0.4 is 4.90 Å². The van der Waals surface area contributed by atoms with E-state index in [1.807, 2.05) is 13.1 Å². The zero-order valence-corrected chi connectivity index (χ0v) is 9.08. The van der Waals surface area contributed by atoms with Gasteiger partial charge in [0.2, 0.25) is 0 Å². The lowest BCUT2D eigenvalue weighted by atomic mass is 10.3. The van der Waals surface area contributed by atoms with Gasteiger partial charge in [-0.3, -0.25) is 9.48 Å². The van der Waals surface area contributed by atoms with E-state index in [2.05, 4.69) is 10.1 Å². The predicted molar refractivity (Wildman–Crippen MR) is 59.4 cm³/mol. The van der Waals surface area contributed by atoms with Crippen LogP contribution in [0.3, 0.4) is 0 Å². The average Bonchev–Trinajstić information content (AvgIpc) is 2.59. The molecule has 0 spiro atoms. The number of aliphatic carboxylic acids is 1. The van der Waals surface area contributed by atoms with Crippen molar-refractivity contribution in [2.24, 2.45) is 7.05 Å². The Morgan fingerprint density at radius 2 is 2.38 bits per heavy atom. The number of pyridine rings is 1. The van der Waals surface area contributed by atoms with E-state index >= 15 is 0 Å². The Morgan fingerprint density at radius 1 is 1.62 bits per heavy atom. The van der Waals surface area contributed by atoms with Crippen LogP contribution in [-0.2, 0) is 11.8 Å². The van der Waals surface area contributed by atoms with Crippen molar-refractivity contribution in [3.05, 3.63) is 18.5 Å². The number of hydrogen-bond acceptors (Lipinski definition) is 4. The summed E-state index contributed by atoms with van der Waals surface area (Å²) in [6.45, 7) is -0.0823. The summed E-state index contributed by atoms with van der Waals surface area (Å²) in [7, 11) is 3.53. The van der Waals surface area contributed by atoms with Crippen molar-refractivity contribution in [3.8, 4) is 0 Å². The van der Waals surface area contributed by atoms with Crippen molar-refractivity contribution < 1.29 is 9.90 Å². The van der Waals surface area contributed by atoms with E-state index in [-0.39, 0.29) is 6.54 Å². The SMILES string of the molecule is CN(CC(=O)O)c1nccc2c1cnn2C. The predicted octanol–water partition coefficient (Wildman–Crippen LogP) is 0.489. The zero-order chi connectivity index (χ0) is 11.7. The molecule has 2 aromatic heterocycles. The first kappa shape index (κ1) is 10.4. The first-order chi connectivity index (χ1) is 7.59. The number of likely N-dealkylation sites (N-methyl/N-ethyl adjacent to an activating group) is 1. The number of carboxylic acid groups (broad SMARTS) is 1. The Bertz CT molecular complexity index is 535. The molecule has 0 amide bonds. The summed E-state index contributed by atoms with van der Waals surface area (Å²) in [6, 6.07) is 1.85. The molecule has 0 saturated heterocycles. The van der Waals surface area contributed by atoms with Gasteiger partial charge in [-0.1, -0.05) is 0 Å². The summed E-state index contributed by atoms with van der Waals surface area (Å²) in [6.07, 6.45) is 3.34. The fourth-order valence-corrected chi connectivity index (χ4v) is 1.65. The van der Waals surface area contributed by atoms with Crippen LogP contribution in [0.1, 0.15) is 0 Å². The van der Waals surface area contributed by atoms with Crippen LogP contribution in [-0.4, -0.2) is 39.4 Å². The fraction of sp³-hybridized carbons (Fsp3) is 0.300. The molecule has 0 aliphatic heterocycles. The maximum Gasteiger partial charge on any atom is 0.323 e. The molecule has 0 aliphatic carbocycles. The molecule has 6 nitrogen and oxygen atoms in total. The van der Waals surface area contributed by atoms with Gasteiger partial charge in [0, 0.05) is 20.3 Å². The van der Waals surface area contributed by atoms with Crippen LogP contribution in [0, 0.1) is 0 Å². The molecule has 2 rings (SSSR count). The number of aromatic nitrogens is 3. The number of rotatable bonds is 3. The highest BCUT2D eigenvalue weighted by Crippen LogP contribution is 2.22. The molecule has 0 saturated carbocycles. The van der Waals surface area contributed by atoms with Crippen molar-refractivity contribution in [2.45, 2.75) is 0 Å². The van der Waals surface area contributed by atoms with Gasteiger partial charge in [-0.15, -0.1) is 0 Å². The molecular weight excluding hydrogens is 208 g/mol. The minimum Gasteiger partial charge on any atom is -0.480 e. The van der Waals surface area contributed by atoms with Crippen LogP contribution in [0.2, 0.25) is 0 Å². The Kier molecular flexibility index (Phi) is 2.47. The van der Waals surface area contributed by atoms with Gasteiger partial charge in [0.1, 0.15) is 12.4 Å². The lowest BCUT2D eigenvalue weighted by Crippen LogP contribution is -2.26. The van der Waals surface area contributed by atoms with Gasteiger partial charge < -0.3 is 10.0 Å². The first-order valence-electron chi connectivity index (χ1n) is 4.79. The molecule has 0 bridgehead atoms. The van der Waals surface area contributed by atoms with Gasteiger partial charge in [-0.25, -0.2) is 4.98 Å². The fourth-order valence-electron chi connectivity index (χ4n) is 1.65. The normalized spacial score (nSPS) is 10.6. The third kappa shape index (κ3) is 1.69. The number of aryl methyl sites for hydroxylation is 1. The second-order valence-electron chi connectivity index (χ2n) is 3.59. The van der Waals surface area contributed by atoms with E-state index in [1.54, 1.807) is 29.0 Å². The second kappa shape index (κ2) is 3.80. The minimum atomic E-state index is -0.884. The van der Waals surface area contributed by atoms with Gasteiger partial charge in [-0.05, 0) is 6.07 Å². The third-order valence-corrected chi connectivity index (χ3v) is 2.39. The Balaban J connectivity index is 2.48. The summed E-state index contributed by atoms with van der Waals surface area (Å²) < 4.78 is 1.73. The van der Waals surface area contributed by atoms with E-state index in [0.717, 1.165) is 10.9 Å². The molecule has 6 heteroatoms. The minimum absolute atomic E-state index is 0.0823. The molecule has 1 N–H and O–H groups in total. The number of nitrogens with zero attached hydrogens (tertiary/aromatic N) is 4. The van der Waals surface area contributed by atoms with Gasteiger partial charge in [0.25, 0.3) is 0 Å². The van der Waals surface area contributed by atoms with Crippen LogP contribution in [0.5, 0.6) is 0 Å². The molecule has 0 aromatic carbocycles. The van der Waals surface area contributed by atoms with Crippen LogP contribution in [0.15, 0.2) is 18.5 Å². The molecule has 2 aromatic rings. The quantitative estimate of drug-likeness (QED) is 0.815. The lowest BCUT2D eigenvalue weighted by Gasteiger charge is -2.15. The molecule has 0 atom stereocenters. The van der Waals surface area contributed by atoms with Crippen molar-refractivity contribution in [1.82, 2.24) is 14.8 Å². The van der Waals surface area contributed by atoms with E-state index in [4.69, 9.17) is 5.11 Å². The molecule has 84 valence electrons. The summed E-state index contributed by atoms with van der Waals surface area (Å²) >= 11 is 0. The largest absolute Gasteiger partial charge is 0.480 e. The van der Waals surface area contributed by atoms with Crippen molar-refractivity contribution in [1.29, 1.82) is 0 Å². The number of carboxylic acids is 1. The first-order valence-corrected chi connectivity index (χ1v) is 4.79. The summed E-state index contributed by atoms with van der Waals surface area (Å²) in [4.78, 5) is 16.4.